The van der Waals surface area contributed by atoms with Gasteiger partial charge in [-0.25, -0.2) is 4.79 Å². The Morgan fingerprint density at radius 1 is 1.38 bits per heavy atom. The minimum Gasteiger partial charge on any atom is -0.478 e. The lowest BCUT2D eigenvalue weighted by molar-refractivity contribution is -0.132. The molecule has 0 fully saturated rings. The lowest BCUT2D eigenvalue weighted by Gasteiger charge is -2.16. The van der Waals surface area contributed by atoms with Crippen LogP contribution in [0.4, 0.5) is 0 Å². The van der Waals surface area contributed by atoms with Crippen LogP contribution in [-0.2, 0) is 4.79 Å². The van der Waals surface area contributed by atoms with Gasteiger partial charge in [0.15, 0.2) is 0 Å². The Balaban J connectivity index is 2.57. The van der Waals surface area contributed by atoms with E-state index >= 15 is 0 Å². The first-order chi connectivity index (χ1) is 7.65. The maximum Gasteiger partial charge on any atom is 0.332 e. The molecule has 0 bridgehead atoms. The van der Waals surface area contributed by atoms with Gasteiger partial charge in [0.2, 0.25) is 0 Å². The van der Waals surface area contributed by atoms with E-state index in [1.807, 2.05) is 30.3 Å². The van der Waals surface area contributed by atoms with E-state index in [4.69, 9.17) is 5.11 Å². The number of hydrogen-bond donors (Lipinski definition) is 3. The molecule has 0 saturated heterocycles. The molecular weight excluding hydrogens is 206 g/mol. The van der Waals surface area contributed by atoms with E-state index in [1.165, 1.54) is 0 Å². The number of aliphatic hydroxyl groups is 1. The second kappa shape index (κ2) is 6.05. The van der Waals surface area contributed by atoms with E-state index in [2.05, 4.69) is 11.9 Å². The van der Waals surface area contributed by atoms with Gasteiger partial charge in [0.25, 0.3) is 0 Å². The number of hydrogen-bond acceptors (Lipinski definition) is 3. The molecule has 4 nitrogen and oxygen atoms in total. The monoisotopic (exact) mass is 221 g/mol. The van der Waals surface area contributed by atoms with E-state index in [1.54, 1.807) is 0 Å². The summed E-state index contributed by atoms with van der Waals surface area (Å²) in [6.07, 6.45) is 0. The van der Waals surface area contributed by atoms with Crippen molar-refractivity contribution in [2.45, 2.75) is 6.04 Å². The normalized spacial score (nSPS) is 12.1. The third-order valence-corrected chi connectivity index (χ3v) is 2.25. The van der Waals surface area contributed by atoms with Crippen LogP contribution in [-0.4, -0.2) is 29.3 Å². The number of aliphatic hydroxyl groups excluding tert-OH is 1. The van der Waals surface area contributed by atoms with E-state index in [9.17, 15) is 9.90 Å². The molecule has 0 aliphatic carbocycles. The predicted octanol–water partition coefficient (Wildman–Crippen LogP) is 0.950. The van der Waals surface area contributed by atoms with Gasteiger partial charge in [-0.05, 0) is 5.56 Å². The summed E-state index contributed by atoms with van der Waals surface area (Å²) >= 11 is 0. The number of carboxylic acids is 1. The molecule has 1 aromatic carbocycles. The third-order valence-electron chi connectivity index (χ3n) is 2.25. The highest BCUT2D eigenvalue weighted by Gasteiger charge is 2.11. The lowest BCUT2D eigenvalue weighted by atomic mass is 10.1. The minimum atomic E-state index is -1.03. The van der Waals surface area contributed by atoms with Crippen LogP contribution >= 0.6 is 0 Å². The molecular formula is C12H15NO3. The molecule has 0 heterocycles. The summed E-state index contributed by atoms with van der Waals surface area (Å²) in [6, 6.07) is 9.10. The van der Waals surface area contributed by atoms with Crippen molar-refractivity contribution in [1.82, 2.24) is 5.32 Å². The first-order valence-corrected chi connectivity index (χ1v) is 4.95. The molecule has 86 valence electrons. The largest absolute Gasteiger partial charge is 0.478 e. The summed E-state index contributed by atoms with van der Waals surface area (Å²) in [5.74, 6) is -1.03. The van der Waals surface area contributed by atoms with Crippen LogP contribution < -0.4 is 5.32 Å². The van der Waals surface area contributed by atoms with Gasteiger partial charge in [0, 0.05) is 12.1 Å². The van der Waals surface area contributed by atoms with E-state index < -0.39 is 5.97 Å². The first-order valence-electron chi connectivity index (χ1n) is 4.95. The zero-order chi connectivity index (χ0) is 12.0. The Bertz CT molecular complexity index is 362. The van der Waals surface area contributed by atoms with Gasteiger partial charge < -0.3 is 15.5 Å². The van der Waals surface area contributed by atoms with Crippen LogP contribution in [0.15, 0.2) is 42.5 Å². The number of benzene rings is 1. The number of nitrogens with one attached hydrogen (secondary N) is 1. The summed E-state index contributed by atoms with van der Waals surface area (Å²) in [7, 11) is 0. The van der Waals surface area contributed by atoms with Gasteiger partial charge in [-0.15, -0.1) is 0 Å². The summed E-state index contributed by atoms with van der Waals surface area (Å²) in [4.78, 5) is 10.5. The van der Waals surface area contributed by atoms with Crippen LogP contribution in [0.25, 0.3) is 0 Å². The molecule has 0 aromatic heterocycles. The van der Waals surface area contributed by atoms with Crippen molar-refractivity contribution < 1.29 is 15.0 Å². The molecule has 0 radical (unpaired) electrons. The fraction of sp³-hybridized carbons (Fsp3) is 0.250. The standard InChI is InChI=1S/C12H15NO3/c1-9(12(15)16)7-13-11(8-14)10-5-3-2-4-6-10/h2-6,11,13-14H,1,7-8H2,(H,15,16). The molecule has 3 N–H and O–H groups in total. The topological polar surface area (TPSA) is 69.6 Å². The average molecular weight is 221 g/mol. The quantitative estimate of drug-likeness (QED) is 0.625. The number of rotatable bonds is 6. The van der Waals surface area contributed by atoms with Crippen molar-refractivity contribution in [3.8, 4) is 0 Å². The predicted molar refractivity (Wildman–Crippen MR) is 61.0 cm³/mol. The van der Waals surface area contributed by atoms with Gasteiger partial charge >= 0.3 is 5.97 Å². The van der Waals surface area contributed by atoms with Gasteiger partial charge in [-0.2, -0.15) is 0 Å². The van der Waals surface area contributed by atoms with Crippen molar-refractivity contribution in [2.24, 2.45) is 0 Å². The van der Waals surface area contributed by atoms with Crippen molar-refractivity contribution in [3.05, 3.63) is 48.0 Å². The lowest BCUT2D eigenvalue weighted by Crippen LogP contribution is -2.27. The van der Waals surface area contributed by atoms with Crippen LogP contribution in [0.2, 0.25) is 0 Å². The van der Waals surface area contributed by atoms with E-state index in [0.29, 0.717) is 0 Å². The molecule has 0 aliphatic heterocycles. The highest BCUT2D eigenvalue weighted by molar-refractivity contribution is 5.86. The van der Waals surface area contributed by atoms with Crippen LogP contribution in [0.1, 0.15) is 11.6 Å². The van der Waals surface area contributed by atoms with E-state index in [-0.39, 0.29) is 24.8 Å². The summed E-state index contributed by atoms with van der Waals surface area (Å²) in [5, 5.41) is 20.8. The molecule has 1 rings (SSSR count). The van der Waals surface area contributed by atoms with Crippen molar-refractivity contribution in [2.75, 3.05) is 13.2 Å². The maximum atomic E-state index is 10.5. The fourth-order valence-electron chi connectivity index (χ4n) is 1.30. The van der Waals surface area contributed by atoms with Crippen LogP contribution in [0, 0.1) is 0 Å². The highest BCUT2D eigenvalue weighted by atomic mass is 16.4. The molecule has 1 unspecified atom stereocenters. The molecule has 1 atom stereocenters. The summed E-state index contributed by atoms with van der Waals surface area (Å²) in [5.41, 5.74) is 0.998. The van der Waals surface area contributed by atoms with Crippen molar-refractivity contribution in [3.63, 3.8) is 0 Å². The third kappa shape index (κ3) is 3.49. The number of aliphatic carboxylic acids is 1. The van der Waals surface area contributed by atoms with Crippen LogP contribution in [0.5, 0.6) is 0 Å². The van der Waals surface area contributed by atoms with Gasteiger partial charge in [0.1, 0.15) is 0 Å². The average Bonchev–Trinajstić information content (AvgIpc) is 2.30. The molecule has 1 aromatic rings. The van der Waals surface area contributed by atoms with E-state index in [0.717, 1.165) is 5.56 Å². The van der Waals surface area contributed by atoms with Gasteiger partial charge in [-0.3, -0.25) is 0 Å². The zero-order valence-electron chi connectivity index (χ0n) is 8.89. The van der Waals surface area contributed by atoms with Crippen LogP contribution in [0.3, 0.4) is 0 Å². The minimum absolute atomic E-state index is 0.0781. The summed E-state index contributed by atoms with van der Waals surface area (Å²) < 4.78 is 0. The Hall–Kier alpha value is -1.65. The maximum absolute atomic E-state index is 10.5. The zero-order valence-corrected chi connectivity index (χ0v) is 8.89. The van der Waals surface area contributed by atoms with Crippen molar-refractivity contribution >= 4 is 5.97 Å². The van der Waals surface area contributed by atoms with Gasteiger partial charge in [0.05, 0.1) is 12.6 Å². The number of carbonyl (C=O) groups is 1. The Labute approximate surface area is 94.2 Å². The Morgan fingerprint density at radius 2 is 2.00 bits per heavy atom. The fourth-order valence-corrected chi connectivity index (χ4v) is 1.30. The second-order valence-electron chi connectivity index (χ2n) is 3.44. The molecule has 0 aliphatic rings. The molecule has 0 spiro atoms. The highest BCUT2D eigenvalue weighted by Crippen LogP contribution is 2.11. The Kier molecular flexibility index (Phi) is 4.69. The smallest absolute Gasteiger partial charge is 0.332 e. The summed E-state index contributed by atoms with van der Waals surface area (Å²) in [6.45, 7) is 3.47. The number of carboxylic acid groups (broad SMARTS) is 1. The Morgan fingerprint density at radius 3 is 2.50 bits per heavy atom. The van der Waals surface area contributed by atoms with Crippen molar-refractivity contribution in [1.29, 1.82) is 0 Å². The molecule has 4 heteroatoms. The molecule has 16 heavy (non-hydrogen) atoms. The molecule has 0 amide bonds. The SMILES string of the molecule is C=C(CNC(CO)c1ccccc1)C(=O)O. The second-order valence-corrected chi connectivity index (χ2v) is 3.44. The van der Waals surface area contributed by atoms with Gasteiger partial charge in [-0.1, -0.05) is 36.9 Å². The first kappa shape index (κ1) is 12.4. The molecule has 0 saturated carbocycles.